The molecule has 0 spiro atoms. The summed E-state index contributed by atoms with van der Waals surface area (Å²) in [6.07, 6.45) is 0. The Morgan fingerprint density at radius 1 is 1.15 bits per heavy atom. The molecule has 0 radical (unpaired) electrons. The third-order valence-corrected chi connectivity index (χ3v) is 3.57. The molecule has 4 nitrogen and oxygen atoms in total. The number of aryl methyl sites for hydroxylation is 2. The molecule has 0 amide bonds. The Labute approximate surface area is 114 Å². The van der Waals surface area contributed by atoms with Crippen molar-refractivity contribution in [2.24, 2.45) is 0 Å². The zero-order chi connectivity index (χ0) is 14.4. The van der Waals surface area contributed by atoms with E-state index in [1.165, 1.54) is 12.1 Å². The van der Waals surface area contributed by atoms with E-state index in [0.29, 0.717) is 16.9 Å². The predicted octanol–water partition coefficient (Wildman–Crippen LogP) is 2.78. The number of benzene rings is 1. The molecule has 0 unspecified atom stereocenters. The van der Waals surface area contributed by atoms with Crippen molar-refractivity contribution in [2.75, 3.05) is 0 Å². The largest absolute Gasteiger partial charge is 0.310 e. The molecule has 1 aromatic carbocycles. The summed E-state index contributed by atoms with van der Waals surface area (Å²) in [6, 6.07) is 6.16. The summed E-state index contributed by atoms with van der Waals surface area (Å²) >= 11 is 0. The molecule has 2 aromatic heterocycles. The summed E-state index contributed by atoms with van der Waals surface area (Å²) in [5, 5.41) is 0.581. The highest BCUT2D eigenvalue weighted by molar-refractivity contribution is 5.82. The average molecular weight is 271 g/mol. The number of halogens is 1. The summed E-state index contributed by atoms with van der Waals surface area (Å²) < 4.78 is 15.0. The van der Waals surface area contributed by atoms with Gasteiger partial charge in [0.15, 0.2) is 5.65 Å². The lowest BCUT2D eigenvalue weighted by molar-refractivity contribution is 0.627. The third kappa shape index (κ3) is 1.74. The van der Waals surface area contributed by atoms with Crippen LogP contribution in [0.3, 0.4) is 0 Å². The molecule has 0 atom stereocenters. The van der Waals surface area contributed by atoms with Gasteiger partial charge in [-0.2, -0.15) is 0 Å². The van der Waals surface area contributed by atoms with Crippen LogP contribution in [0.5, 0.6) is 0 Å². The number of hydrogen-bond acceptors (Lipinski definition) is 2. The molecule has 0 aliphatic heterocycles. The topological polar surface area (TPSA) is 50.7 Å². The fourth-order valence-electron chi connectivity index (χ4n) is 2.48. The molecular formula is C15H14FN3O. The Kier molecular flexibility index (Phi) is 2.71. The lowest BCUT2D eigenvalue weighted by atomic mass is 10.2. The molecule has 20 heavy (non-hydrogen) atoms. The predicted molar refractivity (Wildman–Crippen MR) is 75.9 cm³/mol. The molecule has 0 aliphatic rings. The van der Waals surface area contributed by atoms with Gasteiger partial charge in [0.05, 0.1) is 5.39 Å². The van der Waals surface area contributed by atoms with Gasteiger partial charge in [0.25, 0.3) is 5.56 Å². The first-order chi connectivity index (χ1) is 9.49. The maximum absolute atomic E-state index is 13.1. The molecule has 0 fully saturated rings. The number of rotatable bonds is 1. The van der Waals surface area contributed by atoms with Crippen LogP contribution in [0.4, 0.5) is 4.39 Å². The zero-order valence-corrected chi connectivity index (χ0v) is 11.5. The van der Waals surface area contributed by atoms with Gasteiger partial charge in [-0.3, -0.25) is 9.36 Å². The minimum absolute atomic E-state index is 0.144. The van der Waals surface area contributed by atoms with E-state index in [2.05, 4.69) is 9.97 Å². The summed E-state index contributed by atoms with van der Waals surface area (Å²) in [4.78, 5) is 19.2. The SMILES string of the molecule is Cc1nc2c(c(C)c(C)n2-c2ccc(F)cc2)c(=O)[nH]1. The Morgan fingerprint density at radius 3 is 2.45 bits per heavy atom. The van der Waals surface area contributed by atoms with Gasteiger partial charge in [0.2, 0.25) is 0 Å². The van der Waals surface area contributed by atoms with E-state index in [1.54, 1.807) is 19.1 Å². The number of aromatic amines is 1. The van der Waals surface area contributed by atoms with Crippen molar-refractivity contribution in [1.29, 1.82) is 0 Å². The van der Waals surface area contributed by atoms with Crippen LogP contribution in [0.2, 0.25) is 0 Å². The number of aromatic nitrogens is 3. The van der Waals surface area contributed by atoms with Crippen molar-refractivity contribution in [2.45, 2.75) is 20.8 Å². The minimum atomic E-state index is -0.290. The van der Waals surface area contributed by atoms with Crippen LogP contribution in [-0.4, -0.2) is 14.5 Å². The number of nitrogens with zero attached hydrogens (tertiary/aromatic N) is 2. The van der Waals surface area contributed by atoms with Gasteiger partial charge in [-0.05, 0) is 50.6 Å². The normalized spacial score (nSPS) is 11.2. The quantitative estimate of drug-likeness (QED) is 0.740. The van der Waals surface area contributed by atoms with Crippen LogP contribution in [0.15, 0.2) is 29.1 Å². The lowest BCUT2D eigenvalue weighted by Crippen LogP contribution is -2.10. The molecule has 3 rings (SSSR count). The zero-order valence-electron chi connectivity index (χ0n) is 11.5. The average Bonchev–Trinajstić information content (AvgIpc) is 2.63. The van der Waals surface area contributed by atoms with Crippen molar-refractivity contribution in [3.8, 4) is 5.69 Å². The summed E-state index contributed by atoms with van der Waals surface area (Å²) in [5.74, 6) is 0.268. The number of H-pyrrole nitrogens is 1. The first-order valence-electron chi connectivity index (χ1n) is 6.33. The number of fused-ring (bicyclic) bond motifs is 1. The molecule has 102 valence electrons. The molecule has 0 bridgehead atoms. The van der Waals surface area contributed by atoms with Gasteiger partial charge in [-0.15, -0.1) is 0 Å². The van der Waals surface area contributed by atoms with Crippen LogP contribution >= 0.6 is 0 Å². The van der Waals surface area contributed by atoms with E-state index in [1.807, 2.05) is 18.4 Å². The molecule has 3 aromatic rings. The Bertz CT molecular complexity index is 859. The molecule has 5 heteroatoms. The molecule has 0 aliphatic carbocycles. The molecule has 1 N–H and O–H groups in total. The Morgan fingerprint density at radius 2 is 1.80 bits per heavy atom. The Hall–Kier alpha value is -2.43. The van der Waals surface area contributed by atoms with E-state index in [9.17, 15) is 9.18 Å². The monoisotopic (exact) mass is 271 g/mol. The highest BCUT2D eigenvalue weighted by Crippen LogP contribution is 2.25. The molecular weight excluding hydrogens is 257 g/mol. The third-order valence-electron chi connectivity index (χ3n) is 3.57. The van der Waals surface area contributed by atoms with E-state index in [-0.39, 0.29) is 11.4 Å². The van der Waals surface area contributed by atoms with E-state index in [4.69, 9.17) is 0 Å². The van der Waals surface area contributed by atoms with Crippen LogP contribution in [0.1, 0.15) is 17.1 Å². The lowest BCUT2D eigenvalue weighted by Gasteiger charge is -2.07. The van der Waals surface area contributed by atoms with Gasteiger partial charge >= 0.3 is 0 Å². The summed E-state index contributed by atoms with van der Waals surface area (Å²) in [6.45, 7) is 5.56. The van der Waals surface area contributed by atoms with Gasteiger partial charge < -0.3 is 4.98 Å². The van der Waals surface area contributed by atoms with Crippen molar-refractivity contribution in [1.82, 2.24) is 14.5 Å². The maximum Gasteiger partial charge on any atom is 0.260 e. The van der Waals surface area contributed by atoms with Crippen molar-refractivity contribution < 1.29 is 4.39 Å². The van der Waals surface area contributed by atoms with Crippen molar-refractivity contribution >= 4 is 11.0 Å². The fourth-order valence-corrected chi connectivity index (χ4v) is 2.48. The molecule has 0 saturated heterocycles. The second-order valence-electron chi connectivity index (χ2n) is 4.87. The first-order valence-corrected chi connectivity index (χ1v) is 6.33. The van der Waals surface area contributed by atoms with Crippen LogP contribution in [-0.2, 0) is 0 Å². The van der Waals surface area contributed by atoms with Gasteiger partial charge in [0, 0.05) is 11.4 Å². The fraction of sp³-hybridized carbons (Fsp3) is 0.200. The van der Waals surface area contributed by atoms with Crippen LogP contribution < -0.4 is 5.56 Å². The smallest absolute Gasteiger partial charge is 0.260 e. The van der Waals surface area contributed by atoms with Crippen LogP contribution in [0.25, 0.3) is 16.7 Å². The highest BCUT2D eigenvalue weighted by Gasteiger charge is 2.16. The van der Waals surface area contributed by atoms with Crippen LogP contribution in [0, 0.1) is 26.6 Å². The van der Waals surface area contributed by atoms with Crippen molar-refractivity contribution in [3.05, 3.63) is 57.5 Å². The second-order valence-corrected chi connectivity index (χ2v) is 4.87. The van der Waals surface area contributed by atoms with E-state index in [0.717, 1.165) is 16.9 Å². The standard InChI is InChI=1S/C15H14FN3O/c1-8-9(2)19(12-6-4-11(16)5-7-12)14-13(8)15(20)18-10(3)17-14/h4-7H,1-3H3,(H,17,18,20). The number of nitrogens with one attached hydrogen (secondary N) is 1. The Balaban J connectivity index is 2.44. The maximum atomic E-state index is 13.1. The first kappa shape index (κ1) is 12.6. The second kappa shape index (κ2) is 4.30. The van der Waals surface area contributed by atoms with Crippen molar-refractivity contribution in [3.63, 3.8) is 0 Å². The molecule has 2 heterocycles. The number of hydrogen-bond donors (Lipinski definition) is 1. The van der Waals surface area contributed by atoms with E-state index < -0.39 is 0 Å². The highest BCUT2D eigenvalue weighted by atomic mass is 19.1. The minimum Gasteiger partial charge on any atom is -0.310 e. The van der Waals surface area contributed by atoms with Gasteiger partial charge in [-0.1, -0.05) is 0 Å². The molecule has 0 saturated carbocycles. The van der Waals surface area contributed by atoms with E-state index >= 15 is 0 Å². The van der Waals surface area contributed by atoms with Gasteiger partial charge in [0.1, 0.15) is 11.6 Å². The van der Waals surface area contributed by atoms with Gasteiger partial charge in [-0.25, -0.2) is 9.37 Å². The summed E-state index contributed by atoms with van der Waals surface area (Å²) in [7, 11) is 0. The summed E-state index contributed by atoms with van der Waals surface area (Å²) in [5.41, 5.74) is 3.06.